The molecule has 0 saturated carbocycles. The zero-order chi connectivity index (χ0) is 21.1. The number of amides is 3. The Morgan fingerprint density at radius 2 is 1.79 bits per heavy atom. The summed E-state index contributed by atoms with van der Waals surface area (Å²) in [5, 5.41) is 2.58. The van der Waals surface area contributed by atoms with Crippen molar-refractivity contribution in [2.45, 2.75) is 25.7 Å². The van der Waals surface area contributed by atoms with E-state index >= 15 is 0 Å². The minimum Gasteiger partial charge on any atom is -0.468 e. The van der Waals surface area contributed by atoms with Crippen LogP contribution >= 0.6 is 0 Å². The van der Waals surface area contributed by atoms with Gasteiger partial charge in [0.25, 0.3) is 0 Å². The van der Waals surface area contributed by atoms with Crippen molar-refractivity contribution < 1.29 is 28.7 Å². The van der Waals surface area contributed by atoms with E-state index in [0.717, 1.165) is 15.4 Å². The van der Waals surface area contributed by atoms with Crippen molar-refractivity contribution in [2.24, 2.45) is 0 Å². The Morgan fingerprint density at radius 3 is 2.36 bits per heavy atom. The van der Waals surface area contributed by atoms with E-state index in [-0.39, 0.29) is 19.7 Å². The number of benzene rings is 1. The smallest absolute Gasteiger partial charge is 0.325 e. The molecule has 0 aliphatic heterocycles. The van der Waals surface area contributed by atoms with Crippen LogP contribution in [0.2, 0.25) is 0 Å². The van der Waals surface area contributed by atoms with E-state index in [0.29, 0.717) is 6.41 Å². The summed E-state index contributed by atoms with van der Waals surface area (Å²) in [7, 11) is 4.10. The van der Waals surface area contributed by atoms with E-state index in [1.54, 1.807) is 6.92 Å². The van der Waals surface area contributed by atoms with Crippen molar-refractivity contribution in [3.05, 3.63) is 35.9 Å². The molecule has 28 heavy (non-hydrogen) atoms. The van der Waals surface area contributed by atoms with Crippen molar-refractivity contribution >= 4 is 24.2 Å². The van der Waals surface area contributed by atoms with Crippen LogP contribution < -0.4 is 5.32 Å². The second-order valence-electron chi connectivity index (χ2n) is 6.34. The maximum Gasteiger partial charge on any atom is 0.325 e. The van der Waals surface area contributed by atoms with Crippen LogP contribution in [0.15, 0.2) is 30.3 Å². The van der Waals surface area contributed by atoms with E-state index in [1.807, 2.05) is 30.3 Å². The van der Waals surface area contributed by atoms with Crippen molar-refractivity contribution in [1.29, 1.82) is 0 Å². The lowest BCUT2D eigenvalue weighted by atomic mass is 10.1. The van der Waals surface area contributed by atoms with Gasteiger partial charge in [-0.3, -0.25) is 19.2 Å². The molecule has 0 fully saturated rings. The highest BCUT2D eigenvalue weighted by atomic mass is 16.5. The second-order valence-corrected chi connectivity index (χ2v) is 6.34. The van der Waals surface area contributed by atoms with Crippen LogP contribution in [-0.2, 0) is 35.3 Å². The number of rotatable bonds is 11. The minimum absolute atomic E-state index is 0.209. The second kappa shape index (κ2) is 11.7. The molecular formula is C19H27N3O6. The number of likely N-dealkylation sites (N-methyl/N-ethyl adjacent to an activating group) is 2. The van der Waals surface area contributed by atoms with Crippen LogP contribution in [0.3, 0.4) is 0 Å². The van der Waals surface area contributed by atoms with Crippen molar-refractivity contribution in [1.82, 2.24) is 15.1 Å². The first-order chi connectivity index (χ1) is 13.3. The van der Waals surface area contributed by atoms with Gasteiger partial charge in [0.15, 0.2) is 0 Å². The Kier molecular flexibility index (Phi) is 9.66. The van der Waals surface area contributed by atoms with Gasteiger partial charge in [-0.2, -0.15) is 0 Å². The monoisotopic (exact) mass is 393 g/mol. The van der Waals surface area contributed by atoms with Crippen LogP contribution in [0.4, 0.5) is 0 Å². The summed E-state index contributed by atoms with van der Waals surface area (Å²) in [5.74, 6) is -1.61. The van der Waals surface area contributed by atoms with Crippen molar-refractivity contribution in [3.63, 3.8) is 0 Å². The normalized spacial score (nSPS) is 12.4. The van der Waals surface area contributed by atoms with Gasteiger partial charge in [-0.25, -0.2) is 0 Å². The Hall–Kier alpha value is -2.94. The molecule has 3 amide bonds. The third kappa shape index (κ3) is 7.75. The van der Waals surface area contributed by atoms with Crippen LogP contribution in [0, 0.1) is 0 Å². The van der Waals surface area contributed by atoms with Gasteiger partial charge >= 0.3 is 5.97 Å². The maximum atomic E-state index is 12.8. The molecule has 1 N–H and O–H groups in total. The summed E-state index contributed by atoms with van der Waals surface area (Å²) in [5.41, 5.74) is 0.912. The summed E-state index contributed by atoms with van der Waals surface area (Å²) >= 11 is 0. The van der Waals surface area contributed by atoms with E-state index in [4.69, 9.17) is 4.74 Å². The fraction of sp³-hybridized carbons (Fsp3) is 0.474. The zero-order valence-electron chi connectivity index (χ0n) is 16.6. The van der Waals surface area contributed by atoms with E-state index in [1.165, 1.54) is 21.2 Å². The minimum atomic E-state index is -1.04. The van der Waals surface area contributed by atoms with Crippen LogP contribution in [0.5, 0.6) is 0 Å². The van der Waals surface area contributed by atoms with E-state index in [2.05, 4.69) is 10.1 Å². The molecule has 0 aromatic heterocycles. The molecule has 0 aliphatic rings. The number of methoxy groups -OCH3 is 1. The molecule has 1 rings (SSSR count). The largest absolute Gasteiger partial charge is 0.468 e. The molecule has 9 nitrogen and oxygen atoms in total. The Bertz CT molecular complexity index is 667. The highest BCUT2D eigenvalue weighted by Gasteiger charge is 2.31. The molecule has 0 heterocycles. The molecule has 2 atom stereocenters. The lowest BCUT2D eigenvalue weighted by molar-refractivity contribution is -0.149. The third-order valence-electron chi connectivity index (χ3n) is 3.95. The Balaban J connectivity index is 2.85. The number of carbonyl (C=O) groups excluding carboxylic acids is 4. The van der Waals surface area contributed by atoms with Gasteiger partial charge in [-0.05, 0) is 12.5 Å². The molecule has 1 aromatic carbocycles. The predicted octanol–water partition coefficient (Wildman–Crippen LogP) is -0.204. The molecule has 0 saturated heterocycles. The first kappa shape index (κ1) is 23.1. The standard InChI is InChI=1S/C19H27N3O6/c1-14(28-12-15-8-6-5-7-9-15)18(20-16(24)10-21(2)13-23)19(26)22(3)11-17(25)27-4/h5-9,13-14,18H,10-12H2,1-4H3,(H,20,24). The zero-order valence-corrected chi connectivity index (χ0v) is 16.6. The van der Waals surface area contributed by atoms with E-state index in [9.17, 15) is 19.2 Å². The number of nitrogens with zero attached hydrogens (tertiary/aromatic N) is 2. The van der Waals surface area contributed by atoms with Gasteiger partial charge in [0.1, 0.15) is 12.6 Å². The third-order valence-corrected chi connectivity index (χ3v) is 3.95. The predicted molar refractivity (Wildman–Crippen MR) is 101 cm³/mol. The first-order valence-corrected chi connectivity index (χ1v) is 8.70. The van der Waals surface area contributed by atoms with E-state index < -0.39 is 29.9 Å². The fourth-order valence-corrected chi connectivity index (χ4v) is 2.33. The highest BCUT2D eigenvalue weighted by Crippen LogP contribution is 2.09. The van der Waals surface area contributed by atoms with Gasteiger partial charge in [0.2, 0.25) is 18.2 Å². The molecule has 1 aromatic rings. The molecule has 0 spiro atoms. The molecule has 0 aliphatic carbocycles. The molecule has 9 heteroatoms. The van der Waals surface area contributed by atoms with Gasteiger partial charge in [-0.1, -0.05) is 30.3 Å². The fourth-order valence-electron chi connectivity index (χ4n) is 2.33. The summed E-state index contributed by atoms with van der Waals surface area (Å²) in [6.07, 6.45) is -0.173. The highest BCUT2D eigenvalue weighted by molar-refractivity contribution is 5.90. The summed E-state index contributed by atoms with van der Waals surface area (Å²) in [6, 6.07) is 8.34. The number of hydrogen-bond acceptors (Lipinski definition) is 6. The lowest BCUT2D eigenvalue weighted by Gasteiger charge is -2.28. The SMILES string of the molecule is COC(=O)CN(C)C(=O)C(NC(=O)CN(C)C=O)C(C)OCc1ccccc1. The summed E-state index contributed by atoms with van der Waals surface area (Å²) < 4.78 is 10.3. The van der Waals surface area contributed by atoms with Gasteiger partial charge in [0, 0.05) is 14.1 Å². The molecule has 154 valence electrons. The van der Waals surface area contributed by atoms with Crippen LogP contribution in [0.25, 0.3) is 0 Å². The van der Waals surface area contributed by atoms with Crippen molar-refractivity contribution in [3.8, 4) is 0 Å². The summed E-state index contributed by atoms with van der Waals surface area (Å²) in [4.78, 5) is 49.4. The van der Waals surface area contributed by atoms with Crippen molar-refractivity contribution in [2.75, 3.05) is 34.3 Å². The summed E-state index contributed by atoms with van der Waals surface area (Å²) in [6.45, 7) is 1.43. The molecular weight excluding hydrogens is 366 g/mol. The average molecular weight is 393 g/mol. The molecule has 0 bridgehead atoms. The van der Waals surface area contributed by atoms with Gasteiger partial charge in [0.05, 0.1) is 26.4 Å². The van der Waals surface area contributed by atoms with Gasteiger partial charge in [-0.15, -0.1) is 0 Å². The number of ether oxygens (including phenoxy) is 2. The number of hydrogen-bond donors (Lipinski definition) is 1. The quantitative estimate of drug-likeness (QED) is 0.412. The van der Waals surface area contributed by atoms with Gasteiger partial charge < -0.3 is 24.6 Å². The number of nitrogens with one attached hydrogen (secondary N) is 1. The number of carbonyl (C=O) groups is 4. The first-order valence-electron chi connectivity index (χ1n) is 8.70. The maximum absolute atomic E-state index is 12.8. The topological polar surface area (TPSA) is 105 Å². The van der Waals surface area contributed by atoms with Crippen LogP contribution in [-0.4, -0.2) is 80.4 Å². The van der Waals surface area contributed by atoms with Crippen LogP contribution in [0.1, 0.15) is 12.5 Å². The molecule has 2 unspecified atom stereocenters. The Labute approximate surface area is 164 Å². The number of esters is 1. The Morgan fingerprint density at radius 1 is 1.14 bits per heavy atom. The lowest BCUT2D eigenvalue weighted by Crippen LogP contribution is -2.55. The average Bonchev–Trinajstić information content (AvgIpc) is 2.70. The molecule has 0 radical (unpaired) electrons.